The summed E-state index contributed by atoms with van der Waals surface area (Å²) in [5.41, 5.74) is 8.74. The van der Waals surface area contributed by atoms with Gasteiger partial charge in [-0.2, -0.15) is 0 Å². The molecule has 0 saturated carbocycles. The van der Waals surface area contributed by atoms with Crippen LogP contribution in [0.2, 0.25) is 0 Å². The van der Waals surface area contributed by atoms with Gasteiger partial charge in [-0.25, -0.2) is 0 Å². The van der Waals surface area contributed by atoms with Gasteiger partial charge < -0.3 is 30.1 Å². The van der Waals surface area contributed by atoms with Crippen molar-refractivity contribution in [3.63, 3.8) is 0 Å². The highest BCUT2D eigenvalue weighted by atomic mass is 16.5. The molecule has 8 heteroatoms. The normalized spacial score (nSPS) is 24.6. The predicted molar refractivity (Wildman–Crippen MR) is 156 cm³/mol. The number of ether oxygens (including phenoxy) is 1. The number of methoxy groups -OCH3 is 1. The van der Waals surface area contributed by atoms with Crippen LogP contribution >= 0.6 is 0 Å². The molecule has 8 bridgehead atoms. The van der Waals surface area contributed by atoms with Crippen LogP contribution in [0.5, 0.6) is 0 Å². The number of carbonyl (C=O) groups is 2. The SMILES string of the molecule is C=Cc1c2[nH]c(c1C)/C=C1\NC(C[C@@H]1C)C1=c3[nH]/c(c(C)c3C(=O)[C@@H]1C(=O)OC)=C\c1[nH]c(/c(=C\O)c1CC)=C\2. The second kappa shape index (κ2) is 9.33. The zero-order valence-electron chi connectivity index (χ0n) is 23.4. The van der Waals surface area contributed by atoms with Crippen LogP contribution in [0.4, 0.5) is 0 Å². The number of H-pyrrole nitrogens is 3. The summed E-state index contributed by atoms with van der Waals surface area (Å²) in [7, 11) is 1.32. The maximum absolute atomic E-state index is 13.8. The Labute approximate surface area is 231 Å². The summed E-state index contributed by atoms with van der Waals surface area (Å²) in [6.45, 7) is 12.2. The van der Waals surface area contributed by atoms with Crippen molar-refractivity contribution in [2.24, 2.45) is 11.8 Å². The number of aliphatic hydroxyl groups excluding tert-OH is 1. The van der Waals surface area contributed by atoms with Gasteiger partial charge in [-0.15, -0.1) is 0 Å². The van der Waals surface area contributed by atoms with Crippen molar-refractivity contribution in [2.75, 3.05) is 7.11 Å². The zero-order valence-corrected chi connectivity index (χ0v) is 23.4. The number of Topliss-reactive ketones (excluding diaryl/α,β-unsaturated/α-hetero) is 1. The van der Waals surface area contributed by atoms with E-state index in [0.29, 0.717) is 22.6 Å². The zero-order chi connectivity index (χ0) is 28.5. The molecule has 5 N–H and O–H groups in total. The molecule has 2 aliphatic heterocycles. The molecule has 0 spiro atoms. The minimum Gasteiger partial charge on any atom is -0.515 e. The third-order valence-corrected chi connectivity index (χ3v) is 8.81. The molecule has 8 nitrogen and oxygen atoms in total. The Morgan fingerprint density at radius 3 is 2.52 bits per heavy atom. The van der Waals surface area contributed by atoms with Crippen LogP contribution in [0, 0.1) is 25.7 Å². The van der Waals surface area contributed by atoms with Gasteiger partial charge in [0, 0.05) is 44.5 Å². The fraction of sp³-hybridized carbons (Fsp3) is 0.312. The second-order valence-corrected chi connectivity index (χ2v) is 10.9. The first kappa shape index (κ1) is 25.8. The van der Waals surface area contributed by atoms with Crippen molar-refractivity contribution in [1.29, 1.82) is 0 Å². The van der Waals surface area contributed by atoms with Gasteiger partial charge in [-0.1, -0.05) is 26.5 Å². The third-order valence-electron chi connectivity index (χ3n) is 8.81. The molecule has 0 amide bonds. The summed E-state index contributed by atoms with van der Waals surface area (Å²) in [5.74, 6) is -1.60. The number of esters is 1. The summed E-state index contributed by atoms with van der Waals surface area (Å²) in [4.78, 5) is 37.3. The molecule has 40 heavy (non-hydrogen) atoms. The molecule has 206 valence electrons. The molecule has 5 heterocycles. The fourth-order valence-corrected chi connectivity index (χ4v) is 6.69. The van der Waals surface area contributed by atoms with E-state index >= 15 is 0 Å². The maximum atomic E-state index is 13.8. The lowest BCUT2D eigenvalue weighted by Crippen LogP contribution is -2.34. The van der Waals surface area contributed by atoms with Crippen molar-refractivity contribution in [3.8, 4) is 0 Å². The van der Waals surface area contributed by atoms with E-state index < -0.39 is 11.9 Å². The number of rotatable bonds is 3. The quantitative estimate of drug-likeness (QED) is 0.258. The number of nitrogens with one attached hydrogen (secondary N) is 4. The van der Waals surface area contributed by atoms with E-state index in [4.69, 9.17) is 4.74 Å². The fourth-order valence-electron chi connectivity index (χ4n) is 6.69. The topological polar surface area (TPSA) is 123 Å². The lowest BCUT2D eigenvalue weighted by atomic mass is 9.90. The monoisotopic (exact) mass is 538 g/mol. The number of aromatic nitrogens is 3. The number of carbonyl (C=O) groups excluding carboxylic acids is 2. The Bertz CT molecular complexity index is 1900. The first-order valence-corrected chi connectivity index (χ1v) is 13.7. The molecule has 3 aromatic rings. The number of aliphatic hydroxyl groups is 1. The summed E-state index contributed by atoms with van der Waals surface area (Å²) in [6.07, 6.45) is 10.5. The van der Waals surface area contributed by atoms with Gasteiger partial charge in [0.05, 0.1) is 30.1 Å². The van der Waals surface area contributed by atoms with Crippen LogP contribution in [0.1, 0.15) is 70.0 Å². The molecule has 0 radical (unpaired) electrons. The first-order valence-electron chi connectivity index (χ1n) is 13.7. The number of hydrogen-bond donors (Lipinski definition) is 5. The summed E-state index contributed by atoms with van der Waals surface area (Å²) in [6, 6.07) is -0.214. The Morgan fingerprint density at radius 1 is 1.10 bits per heavy atom. The molecular weight excluding hydrogens is 504 g/mol. The van der Waals surface area contributed by atoms with Crippen molar-refractivity contribution < 1.29 is 19.4 Å². The highest BCUT2D eigenvalue weighted by Gasteiger charge is 2.45. The van der Waals surface area contributed by atoms with Gasteiger partial charge in [0.25, 0.3) is 0 Å². The van der Waals surface area contributed by atoms with Gasteiger partial charge in [0.2, 0.25) is 0 Å². The van der Waals surface area contributed by atoms with Crippen LogP contribution in [0.25, 0.3) is 36.1 Å². The Hall–Kier alpha value is -4.46. The van der Waals surface area contributed by atoms with Crippen LogP contribution in [0.15, 0.2) is 12.3 Å². The number of aromatic amines is 3. The molecule has 3 aliphatic rings. The molecule has 1 unspecified atom stereocenters. The van der Waals surface area contributed by atoms with Crippen molar-refractivity contribution >= 4 is 47.9 Å². The standard InChI is InChI=1S/C32H34N4O4/c1-7-17-15(4)21-10-20-14(3)9-26(33-20)28-29(32(39)40-6)31(38)27-16(5)22(36-30(27)28)11-24-18(8-2)19(13-37)25(35-24)12-23(17)34-21/h7,10-14,26,29,33-37H,1,8-9H2,2-6H3/b19-13-,20-10-,22-11-,25-12-/t14-,26?,29+/m0/s1. The largest absolute Gasteiger partial charge is 0.515 e. The Balaban J connectivity index is 1.75. The average molecular weight is 539 g/mol. The molecule has 0 aromatic carbocycles. The molecule has 1 saturated heterocycles. The van der Waals surface area contributed by atoms with E-state index in [1.165, 1.54) is 7.11 Å². The lowest BCUT2D eigenvalue weighted by Gasteiger charge is -2.18. The molecule has 1 aliphatic carbocycles. The average Bonchev–Trinajstić information content (AvgIpc) is 3.69. The van der Waals surface area contributed by atoms with Crippen molar-refractivity contribution in [2.45, 2.75) is 46.6 Å². The van der Waals surface area contributed by atoms with Gasteiger partial charge in [0.1, 0.15) is 5.92 Å². The molecular formula is C32H34N4O4. The van der Waals surface area contributed by atoms with Crippen molar-refractivity contribution in [3.05, 3.63) is 78.4 Å². The maximum Gasteiger partial charge on any atom is 0.320 e. The number of allylic oxidation sites excluding steroid dienone is 1. The molecule has 6 rings (SSSR count). The minimum absolute atomic E-state index is 0.170. The first-order chi connectivity index (χ1) is 19.2. The van der Waals surface area contributed by atoms with E-state index in [-0.39, 0.29) is 17.7 Å². The number of hydrogen-bond acceptors (Lipinski definition) is 5. The second-order valence-electron chi connectivity index (χ2n) is 10.9. The molecule has 3 aromatic heterocycles. The molecule has 1 fully saturated rings. The summed E-state index contributed by atoms with van der Waals surface area (Å²) in [5, 5.41) is 16.9. The van der Waals surface area contributed by atoms with Crippen LogP contribution < -0.4 is 26.6 Å². The van der Waals surface area contributed by atoms with E-state index in [1.807, 2.05) is 32.1 Å². The highest BCUT2D eigenvalue weighted by molar-refractivity contribution is 6.19. The van der Waals surface area contributed by atoms with Gasteiger partial charge in [0.15, 0.2) is 5.78 Å². The van der Waals surface area contributed by atoms with Crippen LogP contribution in [-0.2, 0) is 16.0 Å². The highest BCUT2D eigenvalue weighted by Crippen LogP contribution is 2.36. The number of fused-ring (bicyclic) bond motifs is 8. The Kier molecular flexibility index (Phi) is 6.02. The summed E-state index contributed by atoms with van der Waals surface area (Å²) >= 11 is 0. The van der Waals surface area contributed by atoms with Crippen LogP contribution in [0.3, 0.4) is 0 Å². The Morgan fingerprint density at radius 2 is 1.85 bits per heavy atom. The summed E-state index contributed by atoms with van der Waals surface area (Å²) < 4.78 is 5.11. The predicted octanol–water partition coefficient (Wildman–Crippen LogP) is 1.94. The minimum atomic E-state index is -0.985. The number of ketones is 1. The third kappa shape index (κ3) is 3.58. The van der Waals surface area contributed by atoms with E-state index in [2.05, 4.69) is 46.8 Å². The van der Waals surface area contributed by atoms with Gasteiger partial charge >= 0.3 is 5.97 Å². The molecule has 3 atom stereocenters. The lowest BCUT2D eigenvalue weighted by molar-refractivity contribution is -0.141. The van der Waals surface area contributed by atoms with Gasteiger partial charge in [-0.3, -0.25) is 9.59 Å². The van der Waals surface area contributed by atoms with Crippen molar-refractivity contribution in [1.82, 2.24) is 20.3 Å². The van der Waals surface area contributed by atoms with Gasteiger partial charge in [-0.05, 0) is 73.1 Å². The van der Waals surface area contributed by atoms with E-state index in [9.17, 15) is 14.7 Å². The smallest absolute Gasteiger partial charge is 0.320 e. The van der Waals surface area contributed by atoms with E-state index in [0.717, 1.165) is 74.0 Å². The van der Waals surface area contributed by atoms with Crippen LogP contribution in [-0.4, -0.2) is 45.0 Å². The van der Waals surface area contributed by atoms with E-state index in [1.54, 1.807) is 0 Å².